The zero-order valence-corrected chi connectivity index (χ0v) is 23.7. The minimum absolute atomic E-state index is 0.0852. The van der Waals surface area contributed by atoms with E-state index in [4.69, 9.17) is 5.11 Å². The molecule has 3 aliphatic rings. The first-order valence-electron chi connectivity index (χ1n) is 14.2. The highest BCUT2D eigenvalue weighted by Crippen LogP contribution is 2.88. The van der Waals surface area contributed by atoms with Crippen molar-refractivity contribution in [2.75, 3.05) is 11.9 Å². The molecule has 5 rings (SSSR count). The van der Waals surface area contributed by atoms with Crippen LogP contribution in [0.25, 0.3) is 0 Å². The predicted octanol–water partition coefficient (Wildman–Crippen LogP) is 6.12. The Morgan fingerprint density at radius 2 is 1.72 bits per heavy atom. The van der Waals surface area contributed by atoms with Gasteiger partial charge in [-0.15, -0.1) is 0 Å². The van der Waals surface area contributed by atoms with Crippen molar-refractivity contribution in [3.8, 4) is 0 Å². The van der Waals surface area contributed by atoms with Crippen LogP contribution in [0.1, 0.15) is 81.3 Å². The molecule has 2 aromatic rings. The van der Waals surface area contributed by atoms with Crippen LogP contribution in [0.5, 0.6) is 0 Å². The predicted molar refractivity (Wildman–Crippen MR) is 152 cm³/mol. The second kappa shape index (κ2) is 10.00. The number of carboxylic acids is 1. The molecule has 0 radical (unpaired) electrons. The molecular weight excluding hydrogens is 490 g/mol. The highest BCUT2D eigenvalue weighted by molar-refractivity contribution is 5.94. The van der Waals surface area contributed by atoms with Crippen LogP contribution in [0.3, 0.4) is 0 Å². The van der Waals surface area contributed by atoms with Crippen LogP contribution < -0.4 is 10.6 Å². The first kappa shape index (κ1) is 27.2. The van der Waals surface area contributed by atoms with E-state index in [1.807, 2.05) is 29.2 Å². The monoisotopic (exact) mass is 531 g/mol. The molecule has 2 unspecified atom stereocenters. The Kier molecular flexibility index (Phi) is 6.98. The molecule has 7 heteroatoms. The molecular formula is C32H41N3O4. The molecule has 0 aromatic heterocycles. The number of carboxylic acid groups (broad SMARTS) is 1. The molecule has 3 saturated carbocycles. The van der Waals surface area contributed by atoms with Crippen LogP contribution in [-0.2, 0) is 11.3 Å². The van der Waals surface area contributed by atoms with E-state index >= 15 is 0 Å². The van der Waals surface area contributed by atoms with E-state index in [9.17, 15) is 14.4 Å². The normalized spacial score (nSPS) is 27.6. The summed E-state index contributed by atoms with van der Waals surface area (Å²) in [7, 11) is 0. The van der Waals surface area contributed by atoms with Gasteiger partial charge in [0.1, 0.15) is 0 Å². The minimum Gasteiger partial charge on any atom is -0.481 e. The average Bonchev–Trinajstić information content (AvgIpc) is 3.10. The van der Waals surface area contributed by atoms with Crippen molar-refractivity contribution in [2.24, 2.45) is 28.6 Å². The van der Waals surface area contributed by atoms with Crippen molar-refractivity contribution >= 4 is 23.6 Å². The van der Waals surface area contributed by atoms with Gasteiger partial charge in [-0.25, -0.2) is 4.79 Å². The van der Waals surface area contributed by atoms with Crippen LogP contribution in [0.4, 0.5) is 10.5 Å². The van der Waals surface area contributed by atoms with Crippen LogP contribution in [0.2, 0.25) is 0 Å². The number of nitrogens with zero attached hydrogens (tertiary/aromatic N) is 1. The third-order valence-corrected chi connectivity index (χ3v) is 10.2. The fraction of sp³-hybridized carbons (Fsp3) is 0.531. The summed E-state index contributed by atoms with van der Waals surface area (Å²) in [5.74, 6) is 1.04. The summed E-state index contributed by atoms with van der Waals surface area (Å²) in [6, 6.07) is 15.4. The SMILES string of the molecule is CC(C)c1ccc(NC(=O)N(Cc2ccc(C(=O)NCCC(=O)O)cc2)C2CC34[C@H](C[C@H]3C4(C)C)[C@@H]2C)cc1. The number of benzene rings is 2. The Hall–Kier alpha value is -3.35. The van der Waals surface area contributed by atoms with Gasteiger partial charge in [0.25, 0.3) is 5.91 Å². The highest BCUT2D eigenvalue weighted by Gasteiger charge is 2.84. The molecule has 39 heavy (non-hydrogen) atoms. The molecule has 5 atom stereocenters. The number of urea groups is 1. The Labute approximate surface area is 231 Å². The summed E-state index contributed by atoms with van der Waals surface area (Å²) in [5.41, 5.74) is 4.17. The molecule has 0 heterocycles. The largest absolute Gasteiger partial charge is 0.481 e. The maximum Gasteiger partial charge on any atom is 0.322 e. The first-order valence-corrected chi connectivity index (χ1v) is 14.2. The Morgan fingerprint density at radius 1 is 1.05 bits per heavy atom. The van der Waals surface area contributed by atoms with Crippen molar-refractivity contribution in [2.45, 2.75) is 72.4 Å². The summed E-state index contributed by atoms with van der Waals surface area (Å²) in [5, 5.41) is 14.6. The van der Waals surface area contributed by atoms with Gasteiger partial charge in [-0.2, -0.15) is 0 Å². The summed E-state index contributed by atoms with van der Waals surface area (Å²) >= 11 is 0. The van der Waals surface area contributed by atoms with Gasteiger partial charge in [-0.3, -0.25) is 9.59 Å². The zero-order chi connectivity index (χ0) is 28.1. The minimum atomic E-state index is -0.949. The van der Waals surface area contributed by atoms with Crippen LogP contribution in [-0.4, -0.2) is 40.5 Å². The molecule has 1 spiro atoms. The number of nitrogens with one attached hydrogen (secondary N) is 2. The highest BCUT2D eigenvalue weighted by atomic mass is 16.4. The lowest BCUT2D eigenvalue weighted by Gasteiger charge is -2.34. The van der Waals surface area contributed by atoms with Gasteiger partial charge in [0.05, 0.1) is 6.42 Å². The lowest BCUT2D eigenvalue weighted by atomic mass is 9.72. The molecule has 0 aliphatic heterocycles. The second-order valence-electron chi connectivity index (χ2n) is 12.7. The Balaban J connectivity index is 1.33. The molecule has 3 amide bonds. The maximum absolute atomic E-state index is 13.8. The maximum atomic E-state index is 13.8. The molecule has 0 saturated heterocycles. The molecule has 208 valence electrons. The molecule has 3 fully saturated rings. The molecule has 7 nitrogen and oxygen atoms in total. The van der Waals surface area contributed by atoms with Gasteiger partial charge in [-0.05, 0) is 82.7 Å². The van der Waals surface area contributed by atoms with Gasteiger partial charge in [0.2, 0.25) is 0 Å². The quantitative estimate of drug-likeness (QED) is 0.363. The van der Waals surface area contributed by atoms with Gasteiger partial charge in [0, 0.05) is 30.4 Å². The summed E-state index contributed by atoms with van der Waals surface area (Å²) in [6.45, 7) is 12.0. The molecule has 0 bridgehead atoms. The van der Waals surface area contributed by atoms with E-state index < -0.39 is 5.97 Å². The standard InChI is InChI=1S/C32H41N3O4/c1-19(2)22-10-12-24(13-11-22)34-30(39)35(26-17-32-25(20(26)3)16-27(32)31(32,4)5)18-21-6-8-23(9-7-21)29(38)33-15-14-28(36)37/h6-13,19-20,25-27H,14-18H2,1-5H3,(H,33,38)(H,34,39)(H,36,37)/t20-,25+,26?,27-,32?/m0/s1. The average molecular weight is 532 g/mol. The third kappa shape index (κ3) is 4.70. The fourth-order valence-corrected chi connectivity index (χ4v) is 7.81. The van der Waals surface area contributed by atoms with E-state index in [-0.39, 0.29) is 30.9 Å². The van der Waals surface area contributed by atoms with Crippen LogP contribution >= 0.6 is 0 Å². The second-order valence-corrected chi connectivity index (χ2v) is 12.7. The third-order valence-electron chi connectivity index (χ3n) is 10.2. The lowest BCUT2D eigenvalue weighted by molar-refractivity contribution is -0.136. The number of amides is 3. The molecule has 2 aromatic carbocycles. The topological polar surface area (TPSA) is 98.7 Å². The number of carbonyl (C=O) groups is 3. The fourth-order valence-electron chi connectivity index (χ4n) is 7.81. The number of carbonyl (C=O) groups excluding carboxylic acids is 2. The summed E-state index contributed by atoms with van der Waals surface area (Å²) < 4.78 is 0. The molecule has 3 aliphatic carbocycles. The van der Waals surface area contributed by atoms with Gasteiger partial charge in [0.15, 0.2) is 0 Å². The molecule has 3 N–H and O–H groups in total. The number of hydrogen-bond acceptors (Lipinski definition) is 3. The van der Waals surface area contributed by atoms with Crippen molar-refractivity contribution < 1.29 is 19.5 Å². The number of aliphatic carboxylic acids is 1. The van der Waals surface area contributed by atoms with Gasteiger partial charge < -0.3 is 20.6 Å². The zero-order valence-electron chi connectivity index (χ0n) is 23.7. The summed E-state index contributed by atoms with van der Waals surface area (Å²) in [6.07, 6.45) is 2.19. The number of rotatable bonds is 9. The van der Waals surface area contributed by atoms with Crippen LogP contribution in [0, 0.1) is 28.6 Å². The van der Waals surface area contributed by atoms with Crippen LogP contribution in [0.15, 0.2) is 48.5 Å². The van der Waals surface area contributed by atoms with E-state index in [1.54, 1.807) is 12.1 Å². The lowest BCUT2D eigenvalue weighted by Crippen LogP contribution is -2.44. The van der Waals surface area contributed by atoms with Gasteiger partial charge in [-0.1, -0.05) is 58.9 Å². The van der Waals surface area contributed by atoms with Crippen molar-refractivity contribution in [3.63, 3.8) is 0 Å². The van der Waals surface area contributed by atoms with E-state index in [0.717, 1.165) is 23.6 Å². The van der Waals surface area contributed by atoms with Gasteiger partial charge >= 0.3 is 12.0 Å². The smallest absolute Gasteiger partial charge is 0.322 e. The van der Waals surface area contributed by atoms with Crippen molar-refractivity contribution in [1.29, 1.82) is 0 Å². The van der Waals surface area contributed by atoms with E-state index in [2.05, 4.69) is 57.4 Å². The Morgan fingerprint density at radius 3 is 2.26 bits per heavy atom. The first-order chi connectivity index (χ1) is 18.5. The number of hydrogen-bond donors (Lipinski definition) is 3. The van der Waals surface area contributed by atoms with E-state index in [0.29, 0.717) is 40.7 Å². The van der Waals surface area contributed by atoms with Crippen molar-refractivity contribution in [3.05, 3.63) is 65.2 Å². The number of anilines is 1. The van der Waals surface area contributed by atoms with Crippen molar-refractivity contribution in [1.82, 2.24) is 10.2 Å². The van der Waals surface area contributed by atoms with E-state index in [1.165, 1.54) is 12.0 Å². The Bertz CT molecular complexity index is 1250. The summed E-state index contributed by atoms with van der Waals surface area (Å²) in [4.78, 5) is 39.0.